The molecule has 4 bridgehead atoms. The molecule has 4 aliphatic rings. The maximum atomic E-state index is 12.4. The molecule has 1 atom stereocenters. The third-order valence-electron chi connectivity index (χ3n) is 6.87. The number of amides is 1. The van der Waals surface area contributed by atoms with Gasteiger partial charge in [0.05, 0.1) is 0 Å². The molecule has 4 fully saturated rings. The second-order valence-corrected chi connectivity index (χ2v) is 8.59. The van der Waals surface area contributed by atoms with E-state index in [9.17, 15) is 4.79 Å². The zero-order valence-electron chi connectivity index (χ0n) is 14.3. The van der Waals surface area contributed by atoms with Gasteiger partial charge in [-0.3, -0.25) is 4.79 Å². The lowest BCUT2D eigenvalue weighted by atomic mass is 9.48. The summed E-state index contributed by atoms with van der Waals surface area (Å²) in [4.78, 5) is 12.4. The summed E-state index contributed by atoms with van der Waals surface area (Å²) < 4.78 is 2.15. The second kappa shape index (κ2) is 5.99. The molecule has 1 unspecified atom stereocenters. The van der Waals surface area contributed by atoms with Gasteiger partial charge in [-0.1, -0.05) is 0 Å². The van der Waals surface area contributed by atoms with E-state index in [4.69, 9.17) is 0 Å². The minimum absolute atomic E-state index is 0.250. The Kier molecular flexibility index (Phi) is 3.98. The monoisotopic (exact) mass is 314 g/mol. The highest BCUT2D eigenvalue weighted by Gasteiger charge is 2.53. The molecule has 5 rings (SSSR count). The van der Waals surface area contributed by atoms with Gasteiger partial charge < -0.3 is 9.88 Å². The van der Waals surface area contributed by atoms with Crippen molar-refractivity contribution in [1.82, 2.24) is 9.88 Å². The fraction of sp³-hybridized carbons (Fsp3) is 0.750. The van der Waals surface area contributed by atoms with Crippen LogP contribution in [0.4, 0.5) is 0 Å². The van der Waals surface area contributed by atoms with Gasteiger partial charge in [0, 0.05) is 31.4 Å². The molecule has 23 heavy (non-hydrogen) atoms. The average molecular weight is 314 g/mol. The lowest BCUT2D eigenvalue weighted by molar-refractivity contribution is -0.126. The first-order valence-electron chi connectivity index (χ1n) is 9.53. The summed E-state index contributed by atoms with van der Waals surface area (Å²) in [6.07, 6.45) is 14.2. The van der Waals surface area contributed by atoms with Crippen LogP contribution >= 0.6 is 0 Å². The van der Waals surface area contributed by atoms with E-state index in [1.807, 2.05) is 12.1 Å². The van der Waals surface area contributed by atoms with Gasteiger partial charge in [-0.05, 0) is 87.2 Å². The number of nitrogens with one attached hydrogen (secondary N) is 1. The Morgan fingerprint density at radius 1 is 1.13 bits per heavy atom. The Morgan fingerprint density at radius 2 is 1.70 bits per heavy atom. The van der Waals surface area contributed by atoms with Gasteiger partial charge in [-0.2, -0.15) is 0 Å². The fourth-order valence-electron chi connectivity index (χ4n) is 6.12. The summed E-state index contributed by atoms with van der Waals surface area (Å²) in [5, 5.41) is 3.37. The van der Waals surface area contributed by atoms with Crippen molar-refractivity contribution < 1.29 is 4.79 Å². The number of nitrogens with zero attached hydrogens (tertiary/aromatic N) is 1. The number of hydrogen-bond acceptors (Lipinski definition) is 1. The third-order valence-corrected chi connectivity index (χ3v) is 6.87. The number of aromatic nitrogens is 1. The molecule has 4 saturated carbocycles. The molecule has 1 aromatic rings. The van der Waals surface area contributed by atoms with Crippen LogP contribution in [0.3, 0.4) is 0 Å². The van der Waals surface area contributed by atoms with Gasteiger partial charge in [0.15, 0.2) is 0 Å². The second-order valence-electron chi connectivity index (χ2n) is 8.59. The van der Waals surface area contributed by atoms with Crippen molar-refractivity contribution in [3.05, 3.63) is 24.5 Å². The molecule has 0 saturated heterocycles. The van der Waals surface area contributed by atoms with E-state index in [1.54, 1.807) is 0 Å². The molecule has 126 valence electrons. The van der Waals surface area contributed by atoms with Crippen LogP contribution in [0.15, 0.2) is 24.5 Å². The first-order valence-corrected chi connectivity index (χ1v) is 9.53. The fourth-order valence-corrected chi connectivity index (χ4v) is 6.12. The van der Waals surface area contributed by atoms with Crippen molar-refractivity contribution in [3.63, 3.8) is 0 Å². The minimum atomic E-state index is 0.250. The average Bonchev–Trinajstić information content (AvgIpc) is 2.99. The molecule has 1 heterocycles. The summed E-state index contributed by atoms with van der Waals surface area (Å²) in [7, 11) is 0. The SMILES string of the molecule is CC(NC(=O)CCCn1cccc1)C12CC3CC(CC(C3)C1)C2. The number of aryl methyl sites for hydroxylation is 1. The Bertz CT molecular complexity index is 513. The van der Waals surface area contributed by atoms with Crippen LogP contribution in [0.1, 0.15) is 58.3 Å². The zero-order valence-corrected chi connectivity index (χ0v) is 14.3. The summed E-state index contributed by atoms with van der Waals surface area (Å²) in [5.74, 6) is 3.11. The van der Waals surface area contributed by atoms with Crippen LogP contribution in [0, 0.1) is 23.2 Å². The van der Waals surface area contributed by atoms with E-state index in [-0.39, 0.29) is 5.91 Å². The normalized spacial score (nSPS) is 36.1. The summed E-state index contributed by atoms with van der Waals surface area (Å²) in [6.45, 7) is 3.21. The van der Waals surface area contributed by atoms with E-state index in [0.29, 0.717) is 17.9 Å². The van der Waals surface area contributed by atoms with E-state index < -0.39 is 0 Å². The van der Waals surface area contributed by atoms with Crippen molar-refractivity contribution in [3.8, 4) is 0 Å². The first-order chi connectivity index (χ1) is 11.1. The Morgan fingerprint density at radius 3 is 2.26 bits per heavy atom. The van der Waals surface area contributed by atoms with Gasteiger partial charge in [0.2, 0.25) is 5.91 Å². The first kappa shape index (κ1) is 15.3. The lowest BCUT2D eigenvalue weighted by Gasteiger charge is -2.59. The van der Waals surface area contributed by atoms with Crippen molar-refractivity contribution in [2.45, 2.75) is 70.9 Å². The van der Waals surface area contributed by atoms with E-state index in [2.05, 4.69) is 29.2 Å². The summed E-state index contributed by atoms with van der Waals surface area (Å²) >= 11 is 0. The molecule has 0 radical (unpaired) electrons. The third kappa shape index (κ3) is 3.07. The number of carbonyl (C=O) groups excluding carboxylic acids is 1. The lowest BCUT2D eigenvalue weighted by Crippen LogP contribution is -2.55. The molecule has 3 heteroatoms. The van der Waals surface area contributed by atoms with Crippen LogP contribution in [0.25, 0.3) is 0 Å². The van der Waals surface area contributed by atoms with Crippen molar-refractivity contribution in [2.24, 2.45) is 23.2 Å². The molecular weight excluding hydrogens is 284 g/mol. The largest absolute Gasteiger partial charge is 0.354 e. The Balaban J connectivity index is 1.29. The molecule has 3 nitrogen and oxygen atoms in total. The molecule has 4 aliphatic carbocycles. The van der Waals surface area contributed by atoms with Crippen molar-refractivity contribution in [2.75, 3.05) is 0 Å². The maximum Gasteiger partial charge on any atom is 0.220 e. The smallest absolute Gasteiger partial charge is 0.220 e. The highest BCUT2D eigenvalue weighted by molar-refractivity contribution is 5.76. The van der Waals surface area contributed by atoms with E-state index >= 15 is 0 Å². The van der Waals surface area contributed by atoms with E-state index in [0.717, 1.165) is 30.7 Å². The van der Waals surface area contributed by atoms with Gasteiger partial charge in [-0.25, -0.2) is 0 Å². The van der Waals surface area contributed by atoms with Crippen LogP contribution in [0.2, 0.25) is 0 Å². The summed E-state index contributed by atoms with van der Waals surface area (Å²) in [6, 6.07) is 4.43. The van der Waals surface area contributed by atoms with Crippen LogP contribution in [-0.2, 0) is 11.3 Å². The molecule has 0 aliphatic heterocycles. The molecule has 1 aromatic heterocycles. The Hall–Kier alpha value is -1.25. The maximum absolute atomic E-state index is 12.4. The quantitative estimate of drug-likeness (QED) is 0.846. The molecule has 1 N–H and O–H groups in total. The zero-order chi connectivity index (χ0) is 15.9. The molecule has 0 spiro atoms. The number of carbonyl (C=O) groups is 1. The van der Waals surface area contributed by atoms with E-state index in [1.165, 1.54) is 38.5 Å². The van der Waals surface area contributed by atoms with Crippen LogP contribution in [0.5, 0.6) is 0 Å². The Labute approximate surface area is 139 Å². The van der Waals surface area contributed by atoms with Gasteiger partial charge in [-0.15, -0.1) is 0 Å². The molecule has 0 aromatic carbocycles. The predicted octanol–water partition coefficient (Wildman–Crippen LogP) is 3.99. The highest BCUT2D eigenvalue weighted by Crippen LogP contribution is 2.61. The summed E-state index contributed by atoms with van der Waals surface area (Å²) in [5.41, 5.74) is 0.421. The van der Waals surface area contributed by atoms with Gasteiger partial charge in [0.25, 0.3) is 0 Å². The van der Waals surface area contributed by atoms with Crippen LogP contribution in [-0.4, -0.2) is 16.5 Å². The predicted molar refractivity (Wildman–Crippen MR) is 91.9 cm³/mol. The minimum Gasteiger partial charge on any atom is -0.354 e. The molecule has 1 amide bonds. The van der Waals surface area contributed by atoms with Crippen LogP contribution < -0.4 is 5.32 Å². The highest BCUT2D eigenvalue weighted by atomic mass is 16.1. The van der Waals surface area contributed by atoms with Crippen molar-refractivity contribution in [1.29, 1.82) is 0 Å². The van der Waals surface area contributed by atoms with Gasteiger partial charge in [0.1, 0.15) is 0 Å². The standard InChI is InChI=1S/C20H30N2O/c1-15(21-19(23)5-4-8-22-6-2-3-7-22)20-12-16-9-17(13-20)11-18(10-16)14-20/h2-3,6-7,15-18H,4-5,8-14H2,1H3,(H,21,23). The number of hydrogen-bond donors (Lipinski definition) is 1. The number of rotatable bonds is 6. The topological polar surface area (TPSA) is 34.0 Å². The van der Waals surface area contributed by atoms with Gasteiger partial charge >= 0.3 is 0 Å². The van der Waals surface area contributed by atoms with Crippen molar-refractivity contribution >= 4 is 5.91 Å². The molecular formula is C20H30N2O.